The lowest BCUT2D eigenvalue weighted by molar-refractivity contribution is -0.0777. The molecule has 0 aliphatic rings. The van der Waals surface area contributed by atoms with E-state index < -0.39 is 125 Å². The van der Waals surface area contributed by atoms with Crippen LogP contribution in [0.4, 0.5) is 0 Å². The highest BCUT2D eigenvalue weighted by molar-refractivity contribution is 6.90. The van der Waals surface area contributed by atoms with Gasteiger partial charge >= 0.3 is 25.7 Å². The molecule has 0 saturated carbocycles. The molecule has 32 heteroatoms. The molecule has 660 valence electrons. The minimum absolute atomic E-state index is 0.125. The molecular weight excluding hydrogens is 1590 g/mol. The van der Waals surface area contributed by atoms with Gasteiger partial charge in [0.15, 0.2) is 66.5 Å². The Bertz CT molecular complexity index is 2080. The monoisotopic (exact) mass is 1780 g/mol. The van der Waals surface area contributed by atoms with Gasteiger partial charge in [-0.2, -0.15) is 0 Å². The molecule has 0 amide bonds. The van der Waals surface area contributed by atoms with E-state index in [-0.39, 0.29) is 39.6 Å². The number of aliphatic hydroxyl groups is 6. The first-order valence-corrected chi connectivity index (χ1v) is 83.1. The van der Waals surface area contributed by atoms with Crippen molar-refractivity contribution >= 4 is 108 Å². The third kappa shape index (κ3) is 60.2. The van der Waals surface area contributed by atoms with E-state index in [1.54, 1.807) is 0 Å². The van der Waals surface area contributed by atoms with Crippen LogP contribution in [-0.2, 0) is 57.2 Å². The largest absolute Gasteiger partial charge is 0.456 e. The Kier molecular flexibility index (Phi) is 59.1. The second-order valence-corrected chi connectivity index (χ2v) is 99.1. The summed E-state index contributed by atoms with van der Waals surface area (Å²) in [6, 6.07) is 14.7. The number of rotatable bonds is 68. The summed E-state index contributed by atoms with van der Waals surface area (Å²) >= 11 is 0. The second kappa shape index (κ2) is 55.9. The van der Waals surface area contributed by atoms with Crippen LogP contribution in [0, 0.1) is 16.2 Å². The van der Waals surface area contributed by atoms with Crippen LogP contribution in [0.3, 0.4) is 0 Å². The average Bonchev–Trinajstić information content (AvgIpc) is 0.847. The van der Waals surface area contributed by atoms with Gasteiger partial charge in [0.1, 0.15) is 0 Å². The molecule has 0 rings (SSSR count). The Morgan fingerprint density at radius 2 is 0.376 bits per heavy atom. The van der Waals surface area contributed by atoms with Crippen molar-refractivity contribution < 1.29 is 87.9 Å². The van der Waals surface area contributed by atoms with Crippen LogP contribution in [0.15, 0.2) is 0 Å². The van der Waals surface area contributed by atoms with Crippen molar-refractivity contribution in [3.63, 3.8) is 0 Å². The van der Waals surface area contributed by atoms with E-state index in [1.807, 2.05) is 0 Å². The molecule has 0 heterocycles. The highest BCUT2D eigenvalue weighted by atomic mass is 28.5. The van der Waals surface area contributed by atoms with Crippen molar-refractivity contribution in [2.45, 2.75) is 361 Å². The minimum Gasteiger partial charge on any atom is -0.456 e. The van der Waals surface area contributed by atoms with Crippen LogP contribution < -0.4 is 0 Å². The fourth-order valence-corrected chi connectivity index (χ4v) is 67.1. The Morgan fingerprint density at radius 3 is 0.569 bits per heavy atom. The predicted molar refractivity (Wildman–Crippen MR) is 497 cm³/mol. The molecule has 0 fully saturated rings. The third-order valence-corrected chi connectivity index (χ3v) is 66.9. The Morgan fingerprint density at radius 1 is 0.202 bits per heavy atom. The fourth-order valence-electron chi connectivity index (χ4n) is 14.5. The highest BCUT2D eigenvalue weighted by Crippen LogP contribution is 2.33. The molecule has 6 N–H and O–H groups in total. The Hall–Kier alpha value is 2.06. The number of hydrogen-bond donors (Lipinski definition) is 6. The topological polar surface area (TPSA) is 241 Å². The Labute approximate surface area is 687 Å². The molecule has 19 nitrogen and oxygen atoms in total. The molecule has 0 unspecified atom stereocenters. The van der Waals surface area contributed by atoms with E-state index in [4.69, 9.17) is 57.2 Å². The van der Waals surface area contributed by atoms with Gasteiger partial charge in [-0.05, 0) is 233 Å². The molecule has 0 saturated heterocycles. The van der Waals surface area contributed by atoms with Crippen LogP contribution in [-0.4, -0.2) is 258 Å². The first-order chi connectivity index (χ1) is 49.9. The van der Waals surface area contributed by atoms with E-state index in [2.05, 4.69) is 212 Å². The summed E-state index contributed by atoms with van der Waals surface area (Å²) in [6.45, 7) is 77.2. The second-order valence-electron chi connectivity index (χ2n) is 40.3. The Balaban J connectivity index is -0.00000158. The van der Waals surface area contributed by atoms with Gasteiger partial charge in [0.25, 0.3) is 0 Å². The first-order valence-electron chi connectivity index (χ1n) is 42.9. The summed E-state index contributed by atoms with van der Waals surface area (Å²) in [5.41, 5.74) is -2.22. The summed E-state index contributed by atoms with van der Waals surface area (Å²) in [7, 11) is -22.0. The zero-order valence-electron chi connectivity index (χ0n) is 77.7. The van der Waals surface area contributed by atoms with Gasteiger partial charge in [-0.25, -0.2) is 0 Å². The van der Waals surface area contributed by atoms with Crippen molar-refractivity contribution in [2.75, 3.05) is 119 Å². The number of hydrogen-bond acceptors (Lipinski definition) is 19. The van der Waals surface area contributed by atoms with E-state index in [0.29, 0.717) is 79.3 Å². The molecule has 0 radical (unpaired) electrons. The van der Waals surface area contributed by atoms with Crippen LogP contribution in [0.1, 0.15) is 119 Å². The maximum atomic E-state index is 10.0. The predicted octanol–water partition coefficient (Wildman–Crippen LogP) is 20.1. The van der Waals surface area contributed by atoms with Crippen molar-refractivity contribution in [2.24, 2.45) is 16.2 Å². The average molecular weight is 1780 g/mol. The van der Waals surface area contributed by atoms with Gasteiger partial charge < -0.3 is 87.9 Å². The molecule has 0 aromatic rings. The summed E-state index contributed by atoms with van der Waals surface area (Å²) in [5.74, 6) is 0. The quantitative estimate of drug-likeness (QED) is 0.0245. The molecule has 109 heavy (non-hydrogen) atoms. The molecule has 0 aromatic carbocycles. The van der Waals surface area contributed by atoms with Crippen LogP contribution >= 0.6 is 0 Å². The zero-order valence-corrected chi connectivity index (χ0v) is 90.7. The fraction of sp³-hybridized carbons (Fsp3) is 1.00. The van der Waals surface area contributed by atoms with Crippen LogP contribution in [0.5, 0.6) is 0 Å². The van der Waals surface area contributed by atoms with E-state index >= 15 is 0 Å². The number of unbranched alkanes of at least 4 members (excludes halogenated alkanes) is 6. The summed E-state index contributed by atoms with van der Waals surface area (Å²) in [4.78, 5) is 0. The highest BCUT2D eigenvalue weighted by Gasteiger charge is 2.44. The normalized spacial score (nSPS) is 14.1. The molecule has 0 atom stereocenters. The first kappa shape index (κ1) is 115. The van der Waals surface area contributed by atoms with Gasteiger partial charge in [0.2, 0.25) is 0 Å². The standard InChI is InChI=1S/C31H76O8Si6.C24H58O6Si4.C22H52O5Si3/c1-40(2,3)36-44(13,37-41(4,5)6)25-21-17-15-19-23-34-29-31(27-32,28-33)30-35-24-20-16-18-22-26-45(14,38-42(7,8)9)39-43(10,11)12;1-11-34(12-2,13-3)19-15-17-28-23-24(20-25,21-26)22-27-16-14-18-33(10,29-31(4,5)6)30-32(7,8)9;1-9-30(10-2,11-3)17-13-15-26-21-22(18-23,19-24)20-25-14-12-16-29(7,8)27-28(4,5)6/h32-33H,15-30H2,1-14H3;25-26H,11-23H2,1-10H3;23-24H,9-21H2,1-8H3. The van der Waals surface area contributed by atoms with Crippen molar-refractivity contribution in [3.8, 4) is 0 Å². The van der Waals surface area contributed by atoms with Crippen molar-refractivity contribution in [3.05, 3.63) is 0 Å². The maximum absolute atomic E-state index is 10.0. The summed E-state index contributed by atoms with van der Waals surface area (Å²) in [5, 5.41) is 59.8. The third-order valence-electron chi connectivity index (χ3n) is 20.0. The lowest BCUT2D eigenvalue weighted by Gasteiger charge is -2.38. The molecule has 0 aromatic heterocycles. The van der Waals surface area contributed by atoms with Gasteiger partial charge in [-0.1, -0.05) is 128 Å². The smallest absolute Gasteiger partial charge is 0.314 e. The maximum Gasteiger partial charge on any atom is 0.314 e. The van der Waals surface area contributed by atoms with Gasteiger partial charge in [0, 0.05) is 39.6 Å². The van der Waals surface area contributed by atoms with Gasteiger partial charge in [0.05, 0.1) is 112 Å². The molecule has 0 aliphatic heterocycles. The molecule has 0 aliphatic carbocycles. The number of ether oxygens (including phenoxy) is 6. The molecular formula is C77H186O19Si13. The van der Waals surface area contributed by atoms with Crippen LogP contribution in [0.25, 0.3) is 0 Å². The zero-order chi connectivity index (χ0) is 84.9. The summed E-state index contributed by atoms with van der Waals surface area (Å²) in [6.07, 6.45) is 12.5. The molecule has 0 spiro atoms. The van der Waals surface area contributed by atoms with Gasteiger partial charge in [-0.15, -0.1) is 0 Å². The number of aliphatic hydroxyl groups excluding tert-OH is 6. The van der Waals surface area contributed by atoms with Crippen LogP contribution in [0.2, 0.25) is 243 Å². The lowest BCUT2D eigenvalue weighted by Crippen LogP contribution is -2.52. The SMILES string of the molecule is CC[Si](CC)(CC)CCCOCC(CO)(CO)COCCC[Si](C)(C)O[Si](C)(C)C.CC[Si](CC)(CC)CCCOCC(CO)(CO)COCCC[Si](C)(O[Si](C)(C)C)O[Si](C)(C)C.C[Si](C)(C)O[Si](C)(CCCCCCOCC(CO)(CO)COCCCCCC[Si](C)(O[Si](C)(C)C)O[Si](C)(C)C)O[Si](C)(C)C. The minimum atomic E-state index is -2.26. The summed E-state index contributed by atoms with van der Waals surface area (Å²) < 4.78 is 81.4. The van der Waals surface area contributed by atoms with Crippen molar-refractivity contribution in [1.29, 1.82) is 0 Å². The van der Waals surface area contributed by atoms with Crippen molar-refractivity contribution in [1.82, 2.24) is 0 Å². The van der Waals surface area contributed by atoms with Gasteiger partial charge in [-0.3, -0.25) is 0 Å². The lowest BCUT2D eigenvalue weighted by atomic mass is 9.92. The van der Waals surface area contributed by atoms with E-state index in [0.717, 1.165) is 101 Å². The molecule has 0 bridgehead atoms. The van der Waals surface area contributed by atoms with E-state index in [9.17, 15) is 30.6 Å². The van der Waals surface area contributed by atoms with E-state index in [1.165, 1.54) is 48.4 Å².